The fourth-order valence-corrected chi connectivity index (χ4v) is 2.88. The van der Waals surface area contributed by atoms with E-state index in [1.165, 1.54) is 12.8 Å². The summed E-state index contributed by atoms with van der Waals surface area (Å²) in [6.45, 7) is 1.51. The van der Waals surface area contributed by atoms with Crippen LogP contribution in [0.3, 0.4) is 0 Å². The van der Waals surface area contributed by atoms with Crippen molar-refractivity contribution in [3.8, 4) is 5.75 Å². The Labute approximate surface area is 113 Å². The molecule has 88 valence electrons. The van der Waals surface area contributed by atoms with Crippen LogP contribution in [-0.2, 0) is 4.74 Å². The summed E-state index contributed by atoms with van der Waals surface area (Å²) in [5.41, 5.74) is 0. The van der Waals surface area contributed by atoms with Gasteiger partial charge in [0.1, 0.15) is 12.4 Å². The van der Waals surface area contributed by atoms with Crippen molar-refractivity contribution in [1.82, 2.24) is 0 Å². The van der Waals surface area contributed by atoms with E-state index in [-0.39, 0.29) is 6.10 Å². The Morgan fingerprint density at radius 2 is 2.19 bits per heavy atom. The van der Waals surface area contributed by atoms with E-state index in [1.807, 2.05) is 18.2 Å². The maximum Gasteiger partial charge on any atom is 0.133 e. The van der Waals surface area contributed by atoms with E-state index in [0.717, 1.165) is 27.7 Å². The Hall–Kier alpha value is -0.0600. The summed E-state index contributed by atoms with van der Waals surface area (Å²) in [7, 11) is 0. The van der Waals surface area contributed by atoms with Crippen molar-refractivity contribution in [3.63, 3.8) is 0 Å². The van der Waals surface area contributed by atoms with E-state index in [1.54, 1.807) is 0 Å². The molecular weight excluding hydrogens is 336 g/mol. The molecule has 4 heteroatoms. The van der Waals surface area contributed by atoms with Gasteiger partial charge >= 0.3 is 0 Å². The molecule has 0 saturated carbocycles. The maximum atomic E-state index is 5.74. The second-order valence-corrected chi connectivity index (χ2v) is 5.64. The highest BCUT2D eigenvalue weighted by molar-refractivity contribution is 9.11. The van der Waals surface area contributed by atoms with Crippen molar-refractivity contribution in [1.29, 1.82) is 0 Å². The van der Waals surface area contributed by atoms with Gasteiger partial charge in [-0.3, -0.25) is 0 Å². The minimum Gasteiger partial charge on any atom is -0.490 e. The van der Waals surface area contributed by atoms with Crippen molar-refractivity contribution in [2.24, 2.45) is 0 Å². The van der Waals surface area contributed by atoms with Crippen LogP contribution in [0, 0.1) is 0 Å². The lowest BCUT2D eigenvalue weighted by atomic mass is 10.1. The molecule has 0 radical (unpaired) electrons. The molecule has 1 fully saturated rings. The highest BCUT2D eigenvalue weighted by atomic mass is 79.9. The van der Waals surface area contributed by atoms with Crippen molar-refractivity contribution in [3.05, 3.63) is 27.1 Å². The van der Waals surface area contributed by atoms with E-state index in [2.05, 4.69) is 31.9 Å². The molecule has 1 aromatic carbocycles. The molecule has 0 aromatic heterocycles. The molecule has 1 saturated heterocycles. The first-order valence-electron chi connectivity index (χ1n) is 5.45. The van der Waals surface area contributed by atoms with Gasteiger partial charge in [0.05, 0.1) is 10.6 Å². The lowest BCUT2D eigenvalue weighted by Gasteiger charge is -2.22. The molecule has 2 rings (SSSR count). The normalized spacial score (nSPS) is 20.8. The van der Waals surface area contributed by atoms with Crippen LogP contribution in [0.15, 0.2) is 27.1 Å². The second kappa shape index (κ2) is 6.03. The number of ether oxygens (including phenoxy) is 2. The molecule has 2 nitrogen and oxygen atoms in total. The standard InChI is InChI=1S/C12H14Br2O2/c13-9-4-5-12(11(14)7-9)16-8-10-3-1-2-6-15-10/h4-5,7,10H,1-3,6,8H2/t10-/m1/s1. The Morgan fingerprint density at radius 1 is 1.31 bits per heavy atom. The SMILES string of the molecule is Brc1ccc(OC[C@H]2CCCCO2)c(Br)c1. The number of rotatable bonds is 3. The topological polar surface area (TPSA) is 18.5 Å². The van der Waals surface area contributed by atoms with Crippen LogP contribution in [0.1, 0.15) is 19.3 Å². The van der Waals surface area contributed by atoms with Crippen LogP contribution in [0.5, 0.6) is 5.75 Å². The van der Waals surface area contributed by atoms with E-state index in [4.69, 9.17) is 9.47 Å². The maximum absolute atomic E-state index is 5.74. The predicted octanol–water partition coefficient (Wildman–Crippen LogP) is 4.16. The summed E-state index contributed by atoms with van der Waals surface area (Å²) in [5, 5.41) is 0. The van der Waals surface area contributed by atoms with Crippen LogP contribution in [0.4, 0.5) is 0 Å². The first-order valence-corrected chi connectivity index (χ1v) is 7.04. The summed E-state index contributed by atoms with van der Waals surface area (Å²) in [6, 6.07) is 5.91. The number of hydrogen-bond donors (Lipinski definition) is 0. The third-order valence-electron chi connectivity index (χ3n) is 2.59. The zero-order chi connectivity index (χ0) is 11.4. The monoisotopic (exact) mass is 348 g/mol. The molecule has 1 aliphatic rings. The summed E-state index contributed by atoms with van der Waals surface area (Å²) in [4.78, 5) is 0. The van der Waals surface area contributed by atoms with Crippen LogP contribution in [-0.4, -0.2) is 19.3 Å². The third kappa shape index (κ3) is 3.47. The quantitative estimate of drug-likeness (QED) is 0.815. The highest BCUT2D eigenvalue weighted by Crippen LogP contribution is 2.28. The van der Waals surface area contributed by atoms with Gasteiger partial charge in [0.25, 0.3) is 0 Å². The first kappa shape index (κ1) is 12.4. The van der Waals surface area contributed by atoms with Crippen molar-refractivity contribution >= 4 is 31.9 Å². The highest BCUT2D eigenvalue weighted by Gasteiger charge is 2.14. The second-order valence-electron chi connectivity index (χ2n) is 3.87. The van der Waals surface area contributed by atoms with Crippen LogP contribution < -0.4 is 4.74 Å². The molecule has 16 heavy (non-hydrogen) atoms. The lowest BCUT2D eigenvalue weighted by molar-refractivity contribution is -0.0112. The number of halogens is 2. The van der Waals surface area contributed by atoms with Gasteiger partial charge in [-0.2, -0.15) is 0 Å². The van der Waals surface area contributed by atoms with E-state index >= 15 is 0 Å². The minimum absolute atomic E-state index is 0.254. The molecule has 0 amide bonds. The average molecular weight is 350 g/mol. The number of benzene rings is 1. The van der Waals surface area contributed by atoms with Gasteiger partial charge in [-0.25, -0.2) is 0 Å². The summed E-state index contributed by atoms with van der Waals surface area (Å²) in [6.07, 6.45) is 3.78. The predicted molar refractivity (Wildman–Crippen MR) is 70.9 cm³/mol. The third-order valence-corrected chi connectivity index (χ3v) is 3.71. The fraction of sp³-hybridized carbons (Fsp3) is 0.500. The molecule has 0 spiro atoms. The van der Waals surface area contributed by atoms with Gasteiger partial charge in [0.2, 0.25) is 0 Å². The average Bonchev–Trinajstić information content (AvgIpc) is 2.29. The number of hydrogen-bond acceptors (Lipinski definition) is 2. The molecule has 0 aliphatic carbocycles. The van der Waals surface area contributed by atoms with Gasteiger partial charge < -0.3 is 9.47 Å². The smallest absolute Gasteiger partial charge is 0.133 e. The summed E-state index contributed by atoms with van der Waals surface area (Å²) < 4.78 is 13.4. The molecule has 1 atom stereocenters. The van der Waals surface area contributed by atoms with E-state index < -0.39 is 0 Å². The fourth-order valence-electron chi connectivity index (χ4n) is 1.71. The Bertz CT molecular complexity index is 349. The van der Waals surface area contributed by atoms with E-state index in [0.29, 0.717) is 6.61 Å². The van der Waals surface area contributed by atoms with Gasteiger partial charge in [-0.1, -0.05) is 15.9 Å². The molecule has 1 aromatic rings. The largest absolute Gasteiger partial charge is 0.490 e. The Balaban J connectivity index is 1.88. The zero-order valence-electron chi connectivity index (χ0n) is 8.92. The molecule has 0 N–H and O–H groups in total. The summed E-state index contributed by atoms with van der Waals surface area (Å²) >= 11 is 6.89. The van der Waals surface area contributed by atoms with Crippen molar-refractivity contribution in [2.75, 3.05) is 13.2 Å². The Morgan fingerprint density at radius 3 is 2.88 bits per heavy atom. The molecular formula is C12H14Br2O2. The minimum atomic E-state index is 0.254. The lowest BCUT2D eigenvalue weighted by Crippen LogP contribution is -2.25. The first-order chi connectivity index (χ1) is 7.75. The molecule has 0 bridgehead atoms. The molecule has 0 unspecified atom stereocenters. The van der Waals surface area contributed by atoms with Crippen LogP contribution in [0.2, 0.25) is 0 Å². The zero-order valence-corrected chi connectivity index (χ0v) is 12.1. The van der Waals surface area contributed by atoms with E-state index in [9.17, 15) is 0 Å². The summed E-state index contributed by atoms with van der Waals surface area (Å²) in [5.74, 6) is 0.873. The van der Waals surface area contributed by atoms with Crippen molar-refractivity contribution in [2.45, 2.75) is 25.4 Å². The van der Waals surface area contributed by atoms with Crippen LogP contribution >= 0.6 is 31.9 Å². The van der Waals surface area contributed by atoms with Gasteiger partial charge in [-0.05, 0) is 53.4 Å². The Kier molecular flexibility index (Phi) is 4.67. The van der Waals surface area contributed by atoms with Gasteiger partial charge in [0.15, 0.2) is 0 Å². The van der Waals surface area contributed by atoms with Gasteiger partial charge in [-0.15, -0.1) is 0 Å². The molecule has 1 aliphatic heterocycles. The van der Waals surface area contributed by atoms with Crippen molar-refractivity contribution < 1.29 is 9.47 Å². The van der Waals surface area contributed by atoms with Crippen LogP contribution in [0.25, 0.3) is 0 Å². The molecule has 1 heterocycles. The van der Waals surface area contributed by atoms with Gasteiger partial charge in [0, 0.05) is 11.1 Å².